The number of hydrogen-bond donors (Lipinski definition) is 2. The fraction of sp³-hybridized carbons (Fsp3) is 0.0417. The van der Waals surface area contributed by atoms with Crippen molar-refractivity contribution in [2.75, 3.05) is 5.32 Å². The maximum Gasteiger partial charge on any atom is 0.265 e. The van der Waals surface area contributed by atoms with E-state index in [1.807, 2.05) is 0 Å². The number of carbonyl (C=O) groups is 2. The van der Waals surface area contributed by atoms with Crippen molar-refractivity contribution < 1.29 is 18.7 Å². The van der Waals surface area contributed by atoms with Gasteiger partial charge in [-0.15, -0.1) is 11.3 Å². The molecule has 2 aromatic heterocycles. The Morgan fingerprint density at radius 3 is 2.67 bits per heavy atom. The van der Waals surface area contributed by atoms with Crippen molar-refractivity contribution in [3.63, 3.8) is 0 Å². The number of halogens is 2. The second kappa shape index (κ2) is 10.2. The van der Waals surface area contributed by atoms with Crippen LogP contribution in [0.25, 0.3) is 0 Å². The van der Waals surface area contributed by atoms with E-state index in [0.29, 0.717) is 32.5 Å². The summed E-state index contributed by atoms with van der Waals surface area (Å²) in [7, 11) is 0. The highest BCUT2D eigenvalue weighted by Gasteiger charge is 2.13. The molecule has 2 aromatic carbocycles. The third-order valence-corrected chi connectivity index (χ3v) is 5.73. The van der Waals surface area contributed by atoms with Crippen molar-refractivity contribution in [1.82, 2.24) is 10.3 Å². The summed E-state index contributed by atoms with van der Waals surface area (Å²) < 4.78 is 19.9. The van der Waals surface area contributed by atoms with Gasteiger partial charge in [-0.1, -0.05) is 23.7 Å². The number of ether oxygens (including phenoxy) is 1. The van der Waals surface area contributed by atoms with E-state index >= 15 is 0 Å². The van der Waals surface area contributed by atoms with Gasteiger partial charge in [0, 0.05) is 18.3 Å². The molecule has 0 spiro atoms. The van der Waals surface area contributed by atoms with Crippen LogP contribution in [0.4, 0.5) is 10.1 Å². The van der Waals surface area contributed by atoms with E-state index in [4.69, 9.17) is 16.3 Å². The molecule has 4 rings (SSSR count). The summed E-state index contributed by atoms with van der Waals surface area (Å²) in [6.07, 6.45) is 3.08. The highest BCUT2D eigenvalue weighted by molar-refractivity contribution is 7.12. The molecular weight excluding hydrogens is 465 g/mol. The smallest absolute Gasteiger partial charge is 0.265 e. The number of nitrogens with zero attached hydrogens (tertiary/aromatic N) is 1. The maximum absolute atomic E-state index is 14.4. The van der Waals surface area contributed by atoms with Crippen LogP contribution >= 0.6 is 22.9 Å². The zero-order valence-electron chi connectivity index (χ0n) is 17.0. The SMILES string of the molecule is O=C(NCc1ccc(Oc2cccnc2)c(F)c1)c1ccc(Cl)c(NC(=O)c2cccs2)c1. The monoisotopic (exact) mass is 481 g/mol. The Kier molecular flexibility index (Phi) is 6.97. The van der Waals surface area contributed by atoms with Gasteiger partial charge < -0.3 is 15.4 Å². The lowest BCUT2D eigenvalue weighted by atomic mass is 10.1. The first-order chi connectivity index (χ1) is 16.0. The van der Waals surface area contributed by atoms with Gasteiger partial charge in [-0.05, 0) is 59.5 Å². The van der Waals surface area contributed by atoms with Crippen LogP contribution in [-0.2, 0) is 6.54 Å². The van der Waals surface area contributed by atoms with Crippen molar-refractivity contribution in [2.45, 2.75) is 6.54 Å². The number of benzene rings is 2. The number of hydrogen-bond acceptors (Lipinski definition) is 5. The predicted molar refractivity (Wildman–Crippen MR) is 126 cm³/mol. The van der Waals surface area contributed by atoms with Gasteiger partial charge in [-0.2, -0.15) is 0 Å². The number of nitrogens with one attached hydrogen (secondary N) is 2. The molecule has 0 saturated carbocycles. The summed E-state index contributed by atoms with van der Waals surface area (Å²) >= 11 is 7.47. The summed E-state index contributed by atoms with van der Waals surface area (Å²) in [5.74, 6) is -0.789. The van der Waals surface area contributed by atoms with E-state index in [1.54, 1.807) is 48.0 Å². The first-order valence-electron chi connectivity index (χ1n) is 9.78. The van der Waals surface area contributed by atoms with Crippen molar-refractivity contribution in [1.29, 1.82) is 0 Å². The third-order valence-electron chi connectivity index (χ3n) is 4.53. The van der Waals surface area contributed by atoms with Gasteiger partial charge in [-0.3, -0.25) is 14.6 Å². The normalized spacial score (nSPS) is 10.5. The van der Waals surface area contributed by atoms with E-state index in [0.717, 1.165) is 0 Å². The van der Waals surface area contributed by atoms with Gasteiger partial charge in [0.25, 0.3) is 11.8 Å². The number of amides is 2. The number of rotatable bonds is 7. The van der Waals surface area contributed by atoms with E-state index in [2.05, 4.69) is 15.6 Å². The maximum atomic E-state index is 14.4. The molecule has 0 aliphatic heterocycles. The molecule has 2 heterocycles. The minimum Gasteiger partial charge on any atom is -0.453 e. The molecule has 0 radical (unpaired) electrons. The minimum absolute atomic E-state index is 0.0573. The molecule has 0 fully saturated rings. The van der Waals surface area contributed by atoms with Crippen LogP contribution in [0.15, 0.2) is 78.4 Å². The van der Waals surface area contributed by atoms with Gasteiger partial charge in [0.15, 0.2) is 11.6 Å². The summed E-state index contributed by atoms with van der Waals surface area (Å²) in [6, 6.07) is 15.8. The largest absolute Gasteiger partial charge is 0.453 e. The van der Waals surface area contributed by atoms with Crippen molar-refractivity contribution >= 4 is 40.4 Å². The lowest BCUT2D eigenvalue weighted by molar-refractivity contribution is 0.0949. The molecule has 33 heavy (non-hydrogen) atoms. The molecule has 6 nitrogen and oxygen atoms in total. The molecule has 4 aromatic rings. The summed E-state index contributed by atoms with van der Waals surface area (Å²) in [4.78, 5) is 29.3. The number of anilines is 1. The van der Waals surface area contributed by atoms with Crippen LogP contribution in [-0.4, -0.2) is 16.8 Å². The number of aromatic nitrogens is 1. The third kappa shape index (κ3) is 5.74. The van der Waals surface area contributed by atoms with Crippen molar-refractivity contribution in [3.8, 4) is 11.5 Å². The second-order valence-corrected chi connectivity index (χ2v) is 8.22. The first kappa shape index (κ1) is 22.4. The first-order valence-corrected chi connectivity index (χ1v) is 11.0. The lowest BCUT2D eigenvalue weighted by Crippen LogP contribution is -2.23. The fourth-order valence-electron chi connectivity index (χ4n) is 2.91. The van der Waals surface area contributed by atoms with Crippen LogP contribution in [0.2, 0.25) is 5.02 Å². The number of pyridine rings is 1. The average Bonchev–Trinajstić information content (AvgIpc) is 3.36. The van der Waals surface area contributed by atoms with Gasteiger partial charge in [-0.25, -0.2) is 4.39 Å². The van der Waals surface area contributed by atoms with Crippen LogP contribution < -0.4 is 15.4 Å². The van der Waals surface area contributed by atoms with Crippen molar-refractivity contribution in [2.24, 2.45) is 0 Å². The molecule has 0 aliphatic carbocycles. The Morgan fingerprint density at radius 2 is 1.94 bits per heavy atom. The molecule has 0 unspecified atom stereocenters. The Bertz CT molecular complexity index is 1280. The Labute approximate surface area is 198 Å². The molecule has 166 valence electrons. The zero-order valence-corrected chi connectivity index (χ0v) is 18.6. The van der Waals surface area contributed by atoms with Crippen LogP contribution in [0.3, 0.4) is 0 Å². The predicted octanol–water partition coefficient (Wildman–Crippen LogP) is 5.91. The molecule has 9 heteroatoms. The Balaban J connectivity index is 1.39. The quantitative estimate of drug-likeness (QED) is 0.344. The minimum atomic E-state index is -0.560. The van der Waals surface area contributed by atoms with Crippen molar-refractivity contribution in [3.05, 3.63) is 105 Å². The van der Waals surface area contributed by atoms with Crippen LogP contribution in [0.5, 0.6) is 11.5 Å². The summed E-state index contributed by atoms with van der Waals surface area (Å²) in [5.41, 5.74) is 1.18. The molecule has 2 amide bonds. The Hall–Kier alpha value is -3.75. The van der Waals surface area contributed by atoms with Gasteiger partial charge >= 0.3 is 0 Å². The van der Waals surface area contributed by atoms with E-state index < -0.39 is 11.7 Å². The van der Waals surface area contributed by atoms with E-state index in [1.165, 1.54) is 41.8 Å². The van der Waals surface area contributed by atoms with Gasteiger partial charge in [0.05, 0.1) is 21.8 Å². The molecular formula is C24H17ClFN3O3S. The van der Waals surface area contributed by atoms with Gasteiger partial charge in [0.2, 0.25) is 0 Å². The average molecular weight is 482 g/mol. The standard InChI is InChI=1S/C24H17ClFN3O3S/c25-18-7-6-16(12-20(18)29-24(31)22-4-2-10-33-22)23(30)28-13-15-5-8-21(19(26)11-15)32-17-3-1-9-27-14-17/h1-12,14H,13H2,(H,28,30)(H,29,31). The molecule has 0 atom stereocenters. The summed E-state index contributed by atoms with van der Waals surface area (Å²) in [6.45, 7) is 0.0996. The number of thiophene rings is 1. The topological polar surface area (TPSA) is 80.3 Å². The van der Waals surface area contributed by atoms with Crippen LogP contribution in [0.1, 0.15) is 25.6 Å². The molecule has 0 saturated heterocycles. The van der Waals surface area contributed by atoms with Gasteiger partial charge in [0.1, 0.15) is 5.75 Å². The molecule has 0 bridgehead atoms. The highest BCUT2D eigenvalue weighted by atomic mass is 35.5. The Morgan fingerprint density at radius 1 is 1.06 bits per heavy atom. The van der Waals surface area contributed by atoms with Crippen LogP contribution in [0, 0.1) is 5.82 Å². The second-order valence-electron chi connectivity index (χ2n) is 6.86. The highest BCUT2D eigenvalue weighted by Crippen LogP contribution is 2.26. The molecule has 0 aliphatic rings. The zero-order chi connectivity index (χ0) is 23.2. The fourth-order valence-corrected chi connectivity index (χ4v) is 3.69. The molecule has 2 N–H and O–H groups in total. The lowest BCUT2D eigenvalue weighted by Gasteiger charge is -2.11. The van der Waals surface area contributed by atoms with E-state index in [-0.39, 0.29) is 18.2 Å². The van der Waals surface area contributed by atoms with E-state index in [9.17, 15) is 14.0 Å². The number of carbonyl (C=O) groups excluding carboxylic acids is 2. The summed E-state index contributed by atoms with van der Waals surface area (Å²) in [5, 5.41) is 7.54.